The maximum atomic E-state index is 13.2. The van der Waals surface area contributed by atoms with Gasteiger partial charge >= 0.3 is 0 Å². The fourth-order valence-corrected chi connectivity index (χ4v) is 4.19. The normalized spacial score (nSPS) is 16.7. The van der Waals surface area contributed by atoms with Crippen molar-refractivity contribution < 1.29 is 9.18 Å². The molecule has 0 N–H and O–H groups in total. The van der Waals surface area contributed by atoms with Crippen molar-refractivity contribution >= 4 is 17.2 Å². The van der Waals surface area contributed by atoms with Gasteiger partial charge in [-0.1, -0.05) is 30.3 Å². The van der Waals surface area contributed by atoms with Gasteiger partial charge in [0.05, 0.1) is 6.04 Å². The molecule has 4 heteroatoms. The van der Waals surface area contributed by atoms with Crippen molar-refractivity contribution in [2.75, 3.05) is 6.54 Å². The number of halogens is 1. The molecular formula is C20H16FNOS. The Balaban J connectivity index is 1.76. The van der Waals surface area contributed by atoms with Crippen LogP contribution in [0, 0.1) is 5.82 Å². The van der Waals surface area contributed by atoms with Crippen LogP contribution in [0.4, 0.5) is 4.39 Å². The third-order valence-electron chi connectivity index (χ3n) is 4.43. The summed E-state index contributed by atoms with van der Waals surface area (Å²) in [7, 11) is 0. The average molecular weight is 337 g/mol. The number of amides is 1. The van der Waals surface area contributed by atoms with E-state index < -0.39 is 0 Å². The highest BCUT2D eigenvalue weighted by atomic mass is 32.1. The van der Waals surface area contributed by atoms with Gasteiger partial charge in [-0.3, -0.25) is 4.79 Å². The molecule has 2 heterocycles. The minimum absolute atomic E-state index is 0.0549. The SMILES string of the molecule is O=C(c1ccc(F)cc1)N1CCc2sccc2C1c1ccccc1. The van der Waals surface area contributed by atoms with E-state index in [4.69, 9.17) is 0 Å². The zero-order chi connectivity index (χ0) is 16.5. The largest absolute Gasteiger partial charge is 0.327 e. The molecule has 4 rings (SSSR count). The highest BCUT2D eigenvalue weighted by molar-refractivity contribution is 7.10. The minimum Gasteiger partial charge on any atom is -0.327 e. The van der Waals surface area contributed by atoms with E-state index in [0.29, 0.717) is 12.1 Å². The first-order chi connectivity index (χ1) is 11.7. The number of rotatable bonds is 2. The van der Waals surface area contributed by atoms with E-state index in [-0.39, 0.29) is 17.8 Å². The van der Waals surface area contributed by atoms with Gasteiger partial charge in [-0.2, -0.15) is 0 Å². The molecule has 0 radical (unpaired) electrons. The maximum Gasteiger partial charge on any atom is 0.254 e. The Morgan fingerprint density at radius 2 is 1.79 bits per heavy atom. The summed E-state index contributed by atoms with van der Waals surface area (Å²) in [6.45, 7) is 0.670. The zero-order valence-corrected chi connectivity index (χ0v) is 13.8. The summed E-state index contributed by atoms with van der Waals surface area (Å²) >= 11 is 1.75. The lowest BCUT2D eigenvalue weighted by atomic mass is 9.92. The van der Waals surface area contributed by atoms with Crippen molar-refractivity contribution in [1.29, 1.82) is 0 Å². The maximum absolute atomic E-state index is 13.2. The van der Waals surface area contributed by atoms with Gasteiger partial charge in [0.2, 0.25) is 0 Å². The van der Waals surface area contributed by atoms with Crippen LogP contribution in [-0.4, -0.2) is 17.4 Å². The van der Waals surface area contributed by atoms with Crippen LogP contribution in [0.1, 0.15) is 32.4 Å². The van der Waals surface area contributed by atoms with Gasteiger partial charge in [0, 0.05) is 17.0 Å². The second-order valence-electron chi connectivity index (χ2n) is 5.87. The Kier molecular flexibility index (Phi) is 3.90. The molecule has 0 bridgehead atoms. The topological polar surface area (TPSA) is 20.3 Å². The van der Waals surface area contributed by atoms with Crippen molar-refractivity contribution in [3.63, 3.8) is 0 Å². The zero-order valence-electron chi connectivity index (χ0n) is 13.0. The third-order valence-corrected chi connectivity index (χ3v) is 5.43. The molecule has 0 spiro atoms. The molecule has 1 atom stereocenters. The molecule has 1 amide bonds. The van der Waals surface area contributed by atoms with E-state index in [1.165, 1.54) is 22.6 Å². The predicted octanol–water partition coefficient (Wildman–Crippen LogP) is 4.68. The number of fused-ring (bicyclic) bond motifs is 1. The Morgan fingerprint density at radius 1 is 1.04 bits per heavy atom. The average Bonchev–Trinajstić information content (AvgIpc) is 3.10. The molecule has 1 unspecified atom stereocenters. The second-order valence-corrected chi connectivity index (χ2v) is 6.87. The molecule has 0 aliphatic carbocycles. The van der Waals surface area contributed by atoms with Crippen molar-refractivity contribution in [1.82, 2.24) is 4.90 Å². The summed E-state index contributed by atoms with van der Waals surface area (Å²) in [6, 6.07) is 17.9. The highest BCUT2D eigenvalue weighted by Gasteiger charge is 2.33. The molecule has 0 saturated carbocycles. The molecule has 3 aromatic rings. The van der Waals surface area contributed by atoms with Crippen LogP contribution < -0.4 is 0 Å². The van der Waals surface area contributed by atoms with Crippen LogP contribution >= 0.6 is 11.3 Å². The van der Waals surface area contributed by atoms with Gasteiger partial charge in [0.1, 0.15) is 5.82 Å². The Morgan fingerprint density at radius 3 is 2.54 bits per heavy atom. The fourth-order valence-electron chi connectivity index (χ4n) is 3.29. The number of carbonyl (C=O) groups is 1. The first-order valence-electron chi connectivity index (χ1n) is 7.92. The lowest BCUT2D eigenvalue weighted by Crippen LogP contribution is -2.40. The predicted molar refractivity (Wildman–Crippen MR) is 93.7 cm³/mol. The molecule has 1 aliphatic rings. The van der Waals surface area contributed by atoms with Crippen LogP contribution in [0.3, 0.4) is 0 Å². The standard InChI is InChI=1S/C20H16FNOS/c21-16-8-6-15(7-9-16)20(23)22-12-10-18-17(11-13-24-18)19(22)14-4-2-1-3-5-14/h1-9,11,13,19H,10,12H2. The number of thiophene rings is 1. The molecule has 24 heavy (non-hydrogen) atoms. The number of carbonyl (C=O) groups excluding carboxylic acids is 1. The molecule has 1 aromatic heterocycles. The van der Waals surface area contributed by atoms with Crippen molar-refractivity contribution in [3.05, 3.63) is 93.4 Å². The summed E-state index contributed by atoms with van der Waals surface area (Å²) in [4.78, 5) is 16.3. The minimum atomic E-state index is -0.329. The number of nitrogens with zero attached hydrogens (tertiary/aromatic N) is 1. The third kappa shape index (κ3) is 2.63. The molecular weight excluding hydrogens is 321 g/mol. The number of benzene rings is 2. The van der Waals surface area contributed by atoms with Gasteiger partial charge in [-0.15, -0.1) is 11.3 Å². The quantitative estimate of drug-likeness (QED) is 0.665. The van der Waals surface area contributed by atoms with Gasteiger partial charge < -0.3 is 4.90 Å². The van der Waals surface area contributed by atoms with E-state index in [2.05, 4.69) is 23.6 Å². The number of hydrogen-bond acceptors (Lipinski definition) is 2. The molecule has 1 aliphatic heterocycles. The lowest BCUT2D eigenvalue weighted by molar-refractivity contribution is 0.0696. The highest BCUT2D eigenvalue weighted by Crippen LogP contribution is 2.38. The van der Waals surface area contributed by atoms with Crippen LogP contribution in [0.25, 0.3) is 0 Å². The van der Waals surface area contributed by atoms with E-state index in [0.717, 1.165) is 12.0 Å². The Labute approximate surface area is 144 Å². The first kappa shape index (κ1) is 15.1. The summed E-state index contributed by atoms with van der Waals surface area (Å²) < 4.78 is 13.2. The van der Waals surface area contributed by atoms with E-state index in [1.54, 1.807) is 23.5 Å². The van der Waals surface area contributed by atoms with E-state index >= 15 is 0 Å². The smallest absolute Gasteiger partial charge is 0.254 e. The number of hydrogen-bond donors (Lipinski definition) is 0. The van der Waals surface area contributed by atoms with Crippen LogP contribution in [0.2, 0.25) is 0 Å². The van der Waals surface area contributed by atoms with Gasteiger partial charge in [-0.05, 0) is 53.3 Å². The second kappa shape index (κ2) is 6.21. The molecule has 2 nitrogen and oxygen atoms in total. The summed E-state index contributed by atoms with van der Waals surface area (Å²) in [5.74, 6) is -0.384. The monoisotopic (exact) mass is 337 g/mol. The van der Waals surface area contributed by atoms with E-state index in [1.807, 2.05) is 23.1 Å². The molecule has 0 saturated heterocycles. The van der Waals surface area contributed by atoms with Crippen molar-refractivity contribution in [2.45, 2.75) is 12.5 Å². The first-order valence-corrected chi connectivity index (χ1v) is 8.80. The summed E-state index contributed by atoms with van der Waals surface area (Å²) in [6.07, 6.45) is 0.864. The van der Waals surface area contributed by atoms with Gasteiger partial charge in [0.25, 0.3) is 5.91 Å². The summed E-state index contributed by atoms with van der Waals surface area (Å²) in [5.41, 5.74) is 2.83. The van der Waals surface area contributed by atoms with Gasteiger partial charge in [-0.25, -0.2) is 4.39 Å². The van der Waals surface area contributed by atoms with E-state index in [9.17, 15) is 9.18 Å². The van der Waals surface area contributed by atoms with Crippen LogP contribution in [0.5, 0.6) is 0 Å². The summed E-state index contributed by atoms with van der Waals surface area (Å²) in [5, 5.41) is 2.09. The Hall–Kier alpha value is -2.46. The van der Waals surface area contributed by atoms with Crippen molar-refractivity contribution in [3.8, 4) is 0 Å². The van der Waals surface area contributed by atoms with Crippen molar-refractivity contribution in [2.24, 2.45) is 0 Å². The fraction of sp³-hybridized carbons (Fsp3) is 0.150. The lowest BCUT2D eigenvalue weighted by Gasteiger charge is -2.36. The molecule has 2 aromatic carbocycles. The van der Waals surface area contributed by atoms with Gasteiger partial charge in [0.15, 0.2) is 0 Å². The molecule has 120 valence electrons. The van der Waals surface area contributed by atoms with Crippen LogP contribution in [0.15, 0.2) is 66.0 Å². The van der Waals surface area contributed by atoms with Crippen LogP contribution in [-0.2, 0) is 6.42 Å². The Bertz CT molecular complexity index is 857. The molecule has 0 fully saturated rings.